The molecule has 1 aliphatic rings. The molecule has 2 aromatic carbocycles. The molecule has 0 saturated carbocycles. The Hall–Kier alpha value is -2.22. The lowest BCUT2D eigenvalue weighted by Gasteiger charge is -2.16. The summed E-state index contributed by atoms with van der Waals surface area (Å²) in [5, 5.41) is 3.02. The third-order valence-electron chi connectivity index (χ3n) is 4.86. The van der Waals surface area contributed by atoms with Crippen LogP contribution in [0, 0.1) is 6.92 Å². The van der Waals surface area contributed by atoms with Crippen molar-refractivity contribution in [2.45, 2.75) is 40.0 Å². The summed E-state index contributed by atoms with van der Waals surface area (Å²) in [6, 6.07) is 9.86. The predicted molar refractivity (Wildman–Crippen MR) is 140 cm³/mol. The minimum Gasteiger partial charge on any atom is -0.493 e. The number of ether oxygens (including phenoxy) is 3. The first kappa shape index (κ1) is 25.4. The molecule has 2 aromatic rings. The maximum Gasteiger partial charge on any atom is 0.263 e. The van der Waals surface area contributed by atoms with E-state index in [-0.39, 0.29) is 5.91 Å². The Morgan fingerprint density at radius 3 is 2.55 bits per heavy atom. The van der Waals surface area contributed by atoms with E-state index in [1.54, 1.807) is 12.1 Å². The fourth-order valence-corrected chi connectivity index (χ4v) is 4.62. The van der Waals surface area contributed by atoms with Crippen LogP contribution in [0.4, 0.5) is 0 Å². The Morgan fingerprint density at radius 1 is 1.12 bits per heavy atom. The highest BCUT2D eigenvalue weighted by Gasteiger charge is 2.22. The predicted octanol–water partition coefficient (Wildman–Crippen LogP) is 6.51. The molecular formula is C25H28ClNO4S2. The number of hydrogen-bond acceptors (Lipinski definition) is 6. The molecule has 0 spiro atoms. The summed E-state index contributed by atoms with van der Waals surface area (Å²) in [4.78, 5) is 12.5. The molecule has 0 bridgehead atoms. The molecule has 8 heteroatoms. The van der Waals surface area contributed by atoms with Gasteiger partial charge in [0.25, 0.3) is 5.91 Å². The largest absolute Gasteiger partial charge is 0.493 e. The summed E-state index contributed by atoms with van der Waals surface area (Å²) in [6.07, 6.45) is 2.42. The molecule has 0 radical (unpaired) electrons. The number of carbonyl (C=O) groups is 1. The molecule has 0 aromatic heterocycles. The lowest BCUT2D eigenvalue weighted by atomic mass is 10.0. The zero-order chi connectivity index (χ0) is 24.0. The van der Waals surface area contributed by atoms with Gasteiger partial charge in [0.1, 0.15) is 10.1 Å². The smallest absolute Gasteiger partial charge is 0.263 e. The van der Waals surface area contributed by atoms with Crippen LogP contribution in [0.25, 0.3) is 6.08 Å². The Balaban J connectivity index is 1.64. The zero-order valence-corrected chi connectivity index (χ0v) is 21.6. The number of nitrogens with one attached hydrogen (secondary N) is 1. The molecule has 0 atom stereocenters. The molecule has 0 aliphatic carbocycles. The third kappa shape index (κ3) is 6.88. The van der Waals surface area contributed by atoms with E-state index in [0.29, 0.717) is 57.9 Å². The van der Waals surface area contributed by atoms with Crippen LogP contribution in [0.2, 0.25) is 5.02 Å². The minimum absolute atomic E-state index is 0.214. The van der Waals surface area contributed by atoms with Gasteiger partial charge in [-0.05, 0) is 60.7 Å². The summed E-state index contributed by atoms with van der Waals surface area (Å²) in [7, 11) is 0. The number of halogens is 1. The van der Waals surface area contributed by atoms with Crippen LogP contribution in [-0.4, -0.2) is 30.0 Å². The maximum absolute atomic E-state index is 11.9. The van der Waals surface area contributed by atoms with E-state index in [9.17, 15) is 4.79 Å². The first-order chi connectivity index (χ1) is 15.8. The molecule has 1 saturated heterocycles. The summed E-state index contributed by atoms with van der Waals surface area (Å²) in [5.41, 5.74) is 3.11. The highest BCUT2D eigenvalue weighted by Crippen LogP contribution is 2.38. The van der Waals surface area contributed by atoms with Crippen LogP contribution in [-0.2, 0) is 4.79 Å². The first-order valence-electron chi connectivity index (χ1n) is 10.9. The van der Waals surface area contributed by atoms with E-state index in [2.05, 4.69) is 44.3 Å². The van der Waals surface area contributed by atoms with Crippen molar-refractivity contribution in [3.63, 3.8) is 0 Å². The second-order valence-electron chi connectivity index (χ2n) is 7.86. The van der Waals surface area contributed by atoms with Crippen LogP contribution < -0.4 is 19.5 Å². The number of benzene rings is 2. The minimum atomic E-state index is -0.214. The number of hydrogen-bond donors (Lipinski definition) is 1. The van der Waals surface area contributed by atoms with Crippen LogP contribution in [0.3, 0.4) is 0 Å². The Labute approximate surface area is 209 Å². The van der Waals surface area contributed by atoms with Crippen molar-refractivity contribution in [2.75, 3.05) is 19.8 Å². The molecule has 1 amide bonds. The molecule has 1 fully saturated rings. The number of rotatable bonds is 10. The molecule has 1 N–H and O–H groups in total. The molecular weight excluding hydrogens is 478 g/mol. The highest BCUT2D eigenvalue weighted by molar-refractivity contribution is 8.26. The Morgan fingerprint density at radius 2 is 1.88 bits per heavy atom. The van der Waals surface area contributed by atoms with Gasteiger partial charge in [0.15, 0.2) is 11.5 Å². The van der Waals surface area contributed by atoms with Crippen molar-refractivity contribution in [3.8, 4) is 17.2 Å². The van der Waals surface area contributed by atoms with Crippen molar-refractivity contribution in [3.05, 3.63) is 56.9 Å². The van der Waals surface area contributed by atoms with Gasteiger partial charge in [0.2, 0.25) is 0 Å². The highest BCUT2D eigenvalue weighted by atomic mass is 35.5. The topological polar surface area (TPSA) is 56.8 Å². The summed E-state index contributed by atoms with van der Waals surface area (Å²) >= 11 is 12.8. The second-order valence-corrected chi connectivity index (χ2v) is 9.99. The number of thiocarbonyl (C=S) groups is 1. The third-order valence-corrected chi connectivity index (χ3v) is 6.30. The SMILES string of the molecule is CCOc1cc(/C=C2/SC(=S)NC2=O)cc(Cl)c1OCCCOc1cc(C)ccc1C(C)C. The Kier molecular flexibility index (Phi) is 9.06. The lowest BCUT2D eigenvalue weighted by Crippen LogP contribution is -2.17. The zero-order valence-electron chi connectivity index (χ0n) is 19.2. The van der Waals surface area contributed by atoms with Gasteiger partial charge in [0.05, 0.1) is 29.7 Å². The number of carbonyl (C=O) groups excluding carboxylic acids is 1. The second kappa shape index (κ2) is 11.8. The molecule has 1 aliphatic heterocycles. The van der Waals surface area contributed by atoms with Crippen molar-refractivity contribution in [2.24, 2.45) is 0 Å². The van der Waals surface area contributed by atoms with E-state index in [0.717, 1.165) is 11.3 Å². The average molecular weight is 506 g/mol. The average Bonchev–Trinajstić information content (AvgIpc) is 3.06. The van der Waals surface area contributed by atoms with Gasteiger partial charge in [-0.15, -0.1) is 0 Å². The Bertz CT molecular complexity index is 1070. The quantitative estimate of drug-likeness (QED) is 0.226. The van der Waals surface area contributed by atoms with Crippen LogP contribution in [0.5, 0.6) is 17.2 Å². The van der Waals surface area contributed by atoms with Gasteiger partial charge >= 0.3 is 0 Å². The summed E-state index contributed by atoms with van der Waals surface area (Å²) in [6.45, 7) is 9.68. The van der Waals surface area contributed by atoms with Gasteiger partial charge in [0, 0.05) is 6.42 Å². The van der Waals surface area contributed by atoms with Crippen LogP contribution in [0.1, 0.15) is 49.8 Å². The first-order valence-corrected chi connectivity index (χ1v) is 12.5. The summed E-state index contributed by atoms with van der Waals surface area (Å²) < 4.78 is 18.2. The number of amides is 1. The number of thioether (sulfide) groups is 1. The van der Waals surface area contributed by atoms with Gasteiger partial charge in [-0.1, -0.05) is 61.6 Å². The molecule has 5 nitrogen and oxygen atoms in total. The lowest BCUT2D eigenvalue weighted by molar-refractivity contribution is -0.115. The van der Waals surface area contributed by atoms with Crippen LogP contribution >= 0.6 is 35.6 Å². The molecule has 1 heterocycles. The standard InChI is InChI=1S/C25H28ClNO4S2/c1-5-29-21-13-17(14-22-24(28)27-25(32)33-22)12-19(26)23(21)31-10-6-9-30-20-11-16(4)7-8-18(20)15(2)3/h7-8,11-15H,5-6,9-10H2,1-4H3,(H,27,28,32)/b22-14+. The van der Waals surface area contributed by atoms with E-state index in [4.69, 9.17) is 38.0 Å². The van der Waals surface area contributed by atoms with Gasteiger partial charge in [-0.25, -0.2) is 0 Å². The molecule has 3 rings (SSSR count). The van der Waals surface area contributed by atoms with Crippen molar-refractivity contribution in [1.29, 1.82) is 0 Å². The fourth-order valence-electron chi connectivity index (χ4n) is 3.31. The molecule has 176 valence electrons. The van der Waals surface area contributed by atoms with Crippen molar-refractivity contribution >= 4 is 51.9 Å². The van der Waals surface area contributed by atoms with E-state index in [1.165, 1.54) is 22.9 Å². The van der Waals surface area contributed by atoms with E-state index in [1.807, 2.05) is 13.0 Å². The van der Waals surface area contributed by atoms with Crippen molar-refractivity contribution in [1.82, 2.24) is 5.32 Å². The van der Waals surface area contributed by atoms with Crippen LogP contribution in [0.15, 0.2) is 35.2 Å². The van der Waals surface area contributed by atoms with Crippen molar-refractivity contribution < 1.29 is 19.0 Å². The maximum atomic E-state index is 11.9. The normalized spacial score (nSPS) is 14.7. The van der Waals surface area contributed by atoms with E-state index < -0.39 is 0 Å². The van der Waals surface area contributed by atoms with Gasteiger partial charge < -0.3 is 19.5 Å². The van der Waals surface area contributed by atoms with Gasteiger partial charge in [-0.2, -0.15) is 0 Å². The molecule has 33 heavy (non-hydrogen) atoms. The molecule has 0 unspecified atom stereocenters. The number of aryl methyl sites for hydroxylation is 1. The monoisotopic (exact) mass is 505 g/mol. The van der Waals surface area contributed by atoms with Gasteiger partial charge in [-0.3, -0.25) is 4.79 Å². The fraction of sp³-hybridized carbons (Fsp3) is 0.360. The van der Waals surface area contributed by atoms with E-state index >= 15 is 0 Å². The summed E-state index contributed by atoms with van der Waals surface area (Å²) in [5.74, 6) is 2.11.